The van der Waals surface area contributed by atoms with Crippen LogP contribution in [0.1, 0.15) is 43.7 Å². The van der Waals surface area contributed by atoms with E-state index in [9.17, 15) is 24.6 Å². The molecule has 8 nitrogen and oxygen atoms in total. The van der Waals surface area contributed by atoms with Crippen LogP contribution < -0.4 is 5.32 Å². The lowest BCUT2D eigenvalue weighted by atomic mass is 9.82. The number of benzene rings is 1. The third kappa shape index (κ3) is 4.34. The molecule has 1 aromatic carbocycles. The van der Waals surface area contributed by atoms with Crippen molar-refractivity contribution < 1.29 is 24.6 Å². The standard InChI is InChI=1S/C23H27N3O5/c27-21(15-6-2-3-7-16(15)22(28)29)25-14-8-9-19-17(12-14)18(13-24-19)20(23(30)31)26-10-4-1-5-11-26/h2-3,8-9,12-13,15-16,20,24H,1,4-7,10-11H2,(H,25,27)(H,28,29)(H,30,31)/t15-,16-,20-/m0/s1. The molecule has 164 valence electrons. The first-order chi connectivity index (χ1) is 15.0. The molecule has 1 saturated heterocycles. The van der Waals surface area contributed by atoms with Gasteiger partial charge in [0.05, 0.1) is 11.8 Å². The van der Waals surface area contributed by atoms with E-state index in [0.717, 1.165) is 43.3 Å². The van der Waals surface area contributed by atoms with Crippen LogP contribution >= 0.6 is 0 Å². The Kier molecular flexibility index (Phi) is 6.08. The Morgan fingerprint density at radius 2 is 1.74 bits per heavy atom. The van der Waals surface area contributed by atoms with E-state index in [1.807, 2.05) is 11.0 Å². The Balaban J connectivity index is 1.60. The average molecular weight is 425 g/mol. The topological polar surface area (TPSA) is 123 Å². The van der Waals surface area contributed by atoms with E-state index in [1.165, 1.54) is 0 Å². The maximum atomic E-state index is 12.8. The zero-order valence-electron chi connectivity index (χ0n) is 17.2. The van der Waals surface area contributed by atoms with E-state index in [4.69, 9.17) is 0 Å². The number of amides is 1. The first kappa shape index (κ1) is 21.1. The predicted molar refractivity (Wildman–Crippen MR) is 116 cm³/mol. The quantitative estimate of drug-likeness (QED) is 0.526. The number of rotatable bonds is 6. The predicted octanol–water partition coefficient (Wildman–Crippen LogP) is 3.39. The number of likely N-dealkylation sites (tertiary alicyclic amines) is 1. The first-order valence-electron chi connectivity index (χ1n) is 10.7. The van der Waals surface area contributed by atoms with Gasteiger partial charge in [-0.1, -0.05) is 18.6 Å². The number of hydrogen-bond donors (Lipinski definition) is 4. The van der Waals surface area contributed by atoms with Crippen molar-refractivity contribution in [1.29, 1.82) is 0 Å². The number of allylic oxidation sites excluding steroid dienone is 2. The number of aliphatic carboxylic acids is 2. The average Bonchev–Trinajstić information content (AvgIpc) is 3.17. The molecule has 0 spiro atoms. The summed E-state index contributed by atoms with van der Waals surface area (Å²) in [6, 6.07) is 4.57. The molecule has 0 saturated carbocycles. The summed E-state index contributed by atoms with van der Waals surface area (Å²) < 4.78 is 0. The van der Waals surface area contributed by atoms with Gasteiger partial charge in [-0.25, -0.2) is 0 Å². The zero-order chi connectivity index (χ0) is 22.0. The van der Waals surface area contributed by atoms with Gasteiger partial charge in [0.15, 0.2) is 0 Å². The summed E-state index contributed by atoms with van der Waals surface area (Å²) >= 11 is 0. The van der Waals surface area contributed by atoms with E-state index in [2.05, 4.69) is 10.3 Å². The third-order valence-corrected chi connectivity index (χ3v) is 6.35. The fourth-order valence-electron chi connectivity index (χ4n) is 4.72. The largest absolute Gasteiger partial charge is 0.481 e. The summed E-state index contributed by atoms with van der Waals surface area (Å²) in [5.41, 5.74) is 1.99. The fraction of sp³-hybridized carbons (Fsp3) is 0.435. The van der Waals surface area contributed by atoms with Gasteiger partial charge < -0.3 is 20.5 Å². The Morgan fingerprint density at radius 1 is 1.03 bits per heavy atom. The molecule has 0 bridgehead atoms. The van der Waals surface area contributed by atoms with Crippen LogP contribution in [0.3, 0.4) is 0 Å². The van der Waals surface area contributed by atoms with Gasteiger partial charge in [0.25, 0.3) is 0 Å². The van der Waals surface area contributed by atoms with E-state index in [1.54, 1.807) is 30.5 Å². The summed E-state index contributed by atoms with van der Waals surface area (Å²) in [6.45, 7) is 1.48. The molecule has 1 aliphatic heterocycles. The number of carboxylic acid groups (broad SMARTS) is 2. The number of H-pyrrole nitrogens is 1. The van der Waals surface area contributed by atoms with Crippen LogP contribution in [0.15, 0.2) is 36.5 Å². The van der Waals surface area contributed by atoms with E-state index < -0.39 is 29.8 Å². The highest BCUT2D eigenvalue weighted by Crippen LogP contribution is 2.33. The van der Waals surface area contributed by atoms with Crippen molar-refractivity contribution in [1.82, 2.24) is 9.88 Å². The molecule has 0 unspecified atom stereocenters. The second-order valence-electron chi connectivity index (χ2n) is 8.33. The molecular weight excluding hydrogens is 398 g/mol. The Morgan fingerprint density at radius 3 is 2.42 bits per heavy atom. The van der Waals surface area contributed by atoms with Crippen molar-refractivity contribution in [3.63, 3.8) is 0 Å². The lowest BCUT2D eigenvalue weighted by Gasteiger charge is -2.31. The number of aromatic amines is 1. The minimum absolute atomic E-state index is 0.334. The molecule has 1 aromatic heterocycles. The molecule has 4 N–H and O–H groups in total. The van der Waals surface area contributed by atoms with Crippen molar-refractivity contribution in [3.8, 4) is 0 Å². The smallest absolute Gasteiger partial charge is 0.325 e. The number of hydrogen-bond acceptors (Lipinski definition) is 4. The van der Waals surface area contributed by atoms with Gasteiger partial charge in [-0.05, 0) is 57.0 Å². The zero-order valence-corrected chi connectivity index (χ0v) is 17.2. The van der Waals surface area contributed by atoms with Crippen LogP contribution in [0.2, 0.25) is 0 Å². The molecular formula is C23H27N3O5. The van der Waals surface area contributed by atoms with Crippen LogP contribution in [0, 0.1) is 11.8 Å². The second-order valence-corrected chi connectivity index (χ2v) is 8.33. The Hall–Kier alpha value is -3.13. The highest BCUT2D eigenvalue weighted by atomic mass is 16.4. The summed E-state index contributed by atoms with van der Waals surface area (Å²) in [5.74, 6) is -3.58. The molecule has 1 fully saturated rings. The van der Waals surface area contributed by atoms with Crippen LogP contribution in [0.5, 0.6) is 0 Å². The van der Waals surface area contributed by atoms with Crippen molar-refractivity contribution in [2.45, 2.75) is 38.1 Å². The van der Waals surface area contributed by atoms with Crippen molar-refractivity contribution in [3.05, 3.63) is 42.1 Å². The van der Waals surface area contributed by atoms with Crippen molar-refractivity contribution in [2.24, 2.45) is 11.8 Å². The third-order valence-electron chi connectivity index (χ3n) is 6.35. The lowest BCUT2D eigenvalue weighted by Crippen LogP contribution is -2.37. The van der Waals surface area contributed by atoms with Crippen molar-refractivity contribution >= 4 is 34.4 Å². The van der Waals surface area contributed by atoms with Gasteiger partial charge in [-0.3, -0.25) is 19.3 Å². The van der Waals surface area contributed by atoms with Gasteiger partial charge >= 0.3 is 11.9 Å². The SMILES string of the molecule is O=C(O)[C@H]1CC=CC[C@@H]1C(=O)Nc1ccc2[nH]cc([C@@H](C(=O)O)N3CCCCC3)c2c1. The number of carboxylic acids is 2. The summed E-state index contributed by atoms with van der Waals surface area (Å²) in [6.07, 6.45) is 9.17. The maximum Gasteiger partial charge on any atom is 0.325 e. The molecule has 3 atom stereocenters. The number of carbonyl (C=O) groups is 3. The lowest BCUT2D eigenvalue weighted by molar-refractivity contribution is -0.146. The van der Waals surface area contributed by atoms with Crippen molar-refractivity contribution in [2.75, 3.05) is 18.4 Å². The minimum atomic E-state index is -0.973. The Labute approximate surface area is 179 Å². The maximum absolute atomic E-state index is 12.8. The highest BCUT2D eigenvalue weighted by Gasteiger charge is 2.34. The Bertz CT molecular complexity index is 1020. The van der Waals surface area contributed by atoms with Gasteiger partial charge in [0.2, 0.25) is 5.91 Å². The number of aromatic nitrogens is 1. The van der Waals surface area contributed by atoms with Gasteiger partial charge in [-0.2, -0.15) is 0 Å². The van der Waals surface area contributed by atoms with Gasteiger partial charge in [0, 0.05) is 28.4 Å². The molecule has 8 heteroatoms. The molecule has 4 rings (SSSR count). The highest BCUT2D eigenvalue weighted by molar-refractivity contribution is 5.98. The van der Waals surface area contributed by atoms with Crippen LogP contribution in [0.4, 0.5) is 5.69 Å². The molecule has 1 aliphatic carbocycles. The number of fused-ring (bicyclic) bond motifs is 1. The van der Waals surface area contributed by atoms with Gasteiger partial charge in [0.1, 0.15) is 6.04 Å². The number of piperidine rings is 1. The fourth-order valence-corrected chi connectivity index (χ4v) is 4.72. The van der Waals surface area contributed by atoms with E-state index in [-0.39, 0.29) is 5.91 Å². The molecule has 2 aliphatic rings. The van der Waals surface area contributed by atoms with E-state index >= 15 is 0 Å². The second kappa shape index (κ2) is 8.93. The van der Waals surface area contributed by atoms with Crippen LogP contribution in [-0.2, 0) is 14.4 Å². The number of nitrogens with zero attached hydrogens (tertiary/aromatic N) is 1. The normalized spacial score (nSPS) is 22.8. The number of anilines is 1. The van der Waals surface area contributed by atoms with Gasteiger partial charge in [-0.15, -0.1) is 0 Å². The minimum Gasteiger partial charge on any atom is -0.481 e. The molecule has 31 heavy (non-hydrogen) atoms. The summed E-state index contributed by atoms with van der Waals surface area (Å²) in [4.78, 5) is 41.6. The molecule has 2 aromatic rings. The molecule has 1 amide bonds. The monoisotopic (exact) mass is 425 g/mol. The van der Waals surface area contributed by atoms with Crippen LogP contribution in [-0.4, -0.2) is 51.0 Å². The molecule has 2 heterocycles. The number of nitrogens with one attached hydrogen (secondary N) is 2. The molecule has 0 radical (unpaired) electrons. The summed E-state index contributed by atoms with van der Waals surface area (Å²) in [7, 11) is 0. The summed E-state index contributed by atoms with van der Waals surface area (Å²) in [5, 5.41) is 23.0. The van der Waals surface area contributed by atoms with Crippen LogP contribution in [0.25, 0.3) is 10.9 Å². The first-order valence-corrected chi connectivity index (χ1v) is 10.7. The van der Waals surface area contributed by atoms with E-state index in [0.29, 0.717) is 24.1 Å². The number of carbonyl (C=O) groups excluding carboxylic acids is 1.